The van der Waals surface area contributed by atoms with Crippen molar-refractivity contribution in [2.45, 2.75) is 19.9 Å². The molecule has 1 rings (SSSR count). The zero-order chi connectivity index (χ0) is 9.30. The van der Waals surface area contributed by atoms with Crippen LogP contribution in [0.1, 0.15) is 24.1 Å². The van der Waals surface area contributed by atoms with E-state index in [0.29, 0.717) is 5.02 Å². The normalized spacial score (nSPS) is 13.0. The Morgan fingerprint density at radius 2 is 2.08 bits per heavy atom. The van der Waals surface area contributed by atoms with Gasteiger partial charge < -0.3 is 10.8 Å². The molecule has 0 radical (unpaired) electrons. The fourth-order valence-electron chi connectivity index (χ4n) is 1.06. The molecule has 0 bridgehead atoms. The summed E-state index contributed by atoms with van der Waals surface area (Å²) in [6, 6.07) is 3.17. The van der Waals surface area contributed by atoms with Gasteiger partial charge in [-0.25, -0.2) is 0 Å². The van der Waals surface area contributed by atoms with Crippen molar-refractivity contribution < 1.29 is 5.11 Å². The molecule has 0 aliphatic carbocycles. The molecule has 0 heterocycles. The molecule has 0 fully saturated rings. The lowest BCUT2D eigenvalue weighted by atomic mass is 10.1. The molecule has 0 aliphatic rings. The largest absolute Gasteiger partial charge is 0.508 e. The average Bonchev–Trinajstić information content (AvgIpc) is 1.96. The summed E-state index contributed by atoms with van der Waals surface area (Å²) in [6.07, 6.45) is 0. The molecule has 66 valence electrons. The lowest BCUT2D eigenvalue weighted by molar-refractivity contribution is 0.463. The summed E-state index contributed by atoms with van der Waals surface area (Å²) in [7, 11) is 0. The van der Waals surface area contributed by atoms with Gasteiger partial charge in [0.05, 0.1) is 0 Å². The first kappa shape index (κ1) is 9.36. The first-order chi connectivity index (χ1) is 5.52. The van der Waals surface area contributed by atoms with Gasteiger partial charge in [-0.15, -0.1) is 0 Å². The van der Waals surface area contributed by atoms with Gasteiger partial charge in [-0.2, -0.15) is 0 Å². The third-order valence-electron chi connectivity index (χ3n) is 1.80. The Labute approximate surface area is 77.0 Å². The number of aryl methyl sites for hydroxylation is 1. The van der Waals surface area contributed by atoms with Crippen LogP contribution < -0.4 is 5.73 Å². The van der Waals surface area contributed by atoms with Crippen molar-refractivity contribution in [2.24, 2.45) is 5.73 Å². The number of nitrogens with two attached hydrogens (primary N) is 1. The molecule has 0 amide bonds. The highest BCUT2D eigenvalue weighted by atomic mass is 35.5. The van der Waals surface area contributed by atoms with Gasteiger partial charge in [-0.3, -0.25) is 0 Å². The molecule has 1 aromatic rings. The predicted octanol–water partition coefficient (Wildman–Crippen LogP) is 2.37. The van der Waals surface area contributed by atoms with E-state index in [9.17, 15) is 5.11 Å². The van der Waals surface area contributed by atoms with Crippen molar-refractivity contribution in [1.29, 1.82) is 0 Å². The zero-order valence-corrected chi connectivity index (χ0v) is 7.89. The number of benzene rings is 1. The number of hydrogen-bond acceptors (Lipinski definition) is 2. The fourth-order valence-corrected chi connectivity index (χ4v) is 1.22. The predicted molar refractivity (Wildman–Crippen MR) is 50.5 cm³/mol. The van der Waals surface area contributed by atoms with Crippen LogP contribution in [-0.2, 0) is 0 Å². The van der Waals surface area contributed by atoms with E-state index in [2.05, 4.69) is 0 Å². The minimum atomic E-state index is -0.166. The highest BCUT2D eigenvalue weighted by Gasteiger charge is 2.08. The van der Waals surface area contributed by atoms with E-state index in [4.69, 9.17) is 17.3 Å². The summed E-state index contributed by atoms with van der Waals surface area (Å²) in [6.45, 7) is 3.70. The molecule has 0 aliphatic heterocycles. The Bertz CT molecular complexity index is 297. The van der Waals surface area contributed by atoms with Crippen molar-refractivity contribution in [3.63, 3.8) is 0 Å². The van der Waals surface area contributed by atoms with Gasteiger partial charge in [0.25, 0.3) is 0 Å². The van der Waals surface area contributed by atoms with Crippen LogP contribution in [0.15, 0.2) is 12.1 Å². The van der Waals surface area contributed by atoms with E-state index in [1.165, 1.54) is 6.07 Å². The molecular weight excluding hydrogens is 174 g/mol. The Morgan fingerprint density at radius 3 is 2.58 bits per heavy atom. The van der Waals surface area contributed by atoms with E-state index in [1.54, 1.807) is 0 Å². The Balaban J connectivity index is 3.23. The lowest BCUT2D eigenvalue weighted by Crippen LogP contribution is -2.05. The topological polar surface area (TPSA) is 46.2 Å². The number of rotatable bonds is 1. The Hall–Kier alpha value is -0.730. The molecule has 0 unspecified atom stereocenters. The first-order valence-electron chi connectivity index (χ1n) is 3.77. The van der Waals surface area contributed by atoms with Gasteiger partial charge in [-0.1, -0.05) is 11.6 Å². The van der Waals surface area contributed by atoms with Gasteiger partial charge in [0.15, 0.2) is 0 Å². The van der Waals surface area contributed by atoms with Crippen LogP contribution in [0.5, 0.6) is 5.75 Å². The zero-order valence-electron chi connectivity index (χ0n) is 7.13. The molecule has 0 saturated carbocycles. The van der Waals surface area contributed by atoms with Crippen molar-refractivity contribution in [2.75, 3.05) is 0 Å². The van der Waals surface area contributed by atoms with E-state index in [1.807, 2.05) is 19.9 Å². The highest BCUT2D eigenvalue weighted by Crippen LogP contribution is 2.28. The maximum Gasteiger partial charge on any atom is 0.121 e. The number of halogens is 1. The quantitative estimate of drug-likeness (QED) is 0.706. The summed E-state index contributed by atoms with van der Waals surface area (Å²) >= 11 is 5.79. The second-order valence-corrected chi connectivity index (χ2v) is 3.36. The molecule has 12 heavy (non-hydrogen) atoms. The second kappa shape index (κ2) is 3.33. The molecule has 2 nitrogen and oxygen atoms in total. The minimum Gasteiger partial charge on any atom is -0.508 e. The molecule has 3 N–H and O–H groups in total. The molecule has 1 aromatic carbocycles. The van der Waals surface area contributed by atoms with Gasteiger partial charge in [-0.05, 0) is 31.5 Å². The highest BCUT2D eigenvalue weighted by molar-refractivity contribution is 6.31. The molecule has 1 atom stereocenters. The van der Waals surface area contributed by atoms with Crippen LogP contribution in [-0.4, -0.2) is 5.11 Å². The van der Waals surface area contributed by atoms with E-state index in [-0.39, 0.29) is 11.8 Å². The van der Waals surface area contributed by atoms with Crippen molar-refractivity contribution in [1.82, 2.24) is 0 Å². The summed E-state index contributed by atoms with van der Waals surface area (Å²) in [5.41, 5.74) is 7.30. The monoisotopic (exact) mass is 185 g/mol. The van der Waals surface area contributed by atoms with E-state index >= 15 is 0 Å². The van der Waals surface area contributed by atoms with Gasteiger partial charge in [0.1, 0.15) is 5.75 Å². The van der Waals surface area contributed by atoms with E-state index in [0.717, 1.165) is 11.1 Å². The van der Waals surface area contributed by atoms with Crippen molar-refractivity contribution in [3.05, 3.63) is 28.3 Å². The van der Waals surface area contributed by atoms with E-state index < -0.39 is 0 Å². The molecule has 0 spiro atoms. The van der Waals surface area contributed by atoms with Gasteiger partial charge in [0.2, 0.25) is 0 Å². The van der Waals surface area contributed by atoms with Crippen LogP contribution >= 0.6 is 11.6 Å². The fraction of sp³-hybridized carbons (Fsp3) is 0.333. The number of phenols is 1. The van der Waals surface area contributed by atoms with Crippen molar-refractivity contribution in [3.8, 4) is 5.75 Å². The number of hydrogen-bond donors (Lipinski definition) is 2. The lowest BCUT2D eigenvalue weighted by Gasteiger charge is -2.10. The van der Waals surface area contributed by atoms with Crippen molar-refractivity contribution >= 4 is 11.6 Å². The van der Waals surface area contributed by atoms with Crippen LogP contribution in [0.25, 0.3) is 0 Å². The maximum atomic E-state index is 9.42. The van der Waals surface area contributed by atoms with Crippen LogP contribution in [0.4, 0.5) is 0 Å². The van der Waals surface area contributed by atoms with Crippen LogP contribution in [0.3, 0.4) is 0 Å². The SMILES string of the molecule is Cc1cc([C@@H](C)N)c(O)cc1Cl. The summed E-state index contributed by atoms with van der Waals surface area (Å²) in [5.74, 6) is 0.167. The minimum absolute atomic E-state index is 0.166. The van der Waals surface area contributed by atoms with Gasteiger partial charge >= 0.3 is 0 Å². The average molecular weight is 186 g/mol. The van der Waals surface area contributed by atoms with Crippen LogP contribution in [0.2, 0.25) is 5.02 Å². The maximum absolute atomic E-state index is 9.42. The summed E-state index contributed by atoms with van der Waals surface area (Å²) in [5, 5.41) is 9.99. The second-order valence-electron chi connectivity index (χ2n) is 2.95. The standard InChI is InChI=1S/C9H12ClNO/c1-5-3-7(6(2)11)9(12)4-8(5)10/h3-4,6,12H,11H2,1-2H3/t6-/m1/s1. The number of phenolic OH excluding ortho intramolecular Hbond substituents is 1. The first-order valence-corrected chi connectivity index (χ1v) is 4.14. The smallest absolute Gasteiger partial charge is 0.121 e. The molecule has 0 saturated heterocycles. The Kier molecular flexibility index (Phi) is 2.60. The molecule has 3 heteroatoms. The molecule has 0 aromatic heterocycles. The third kappa shape index (κ3) is 1.71. The third-order valence-corrected chi connectivity index (χ3v) is 2.21. The van der Waals surface area contributed by atoms with Gasteiger partial charge in [0, 0.05) is 16.6 Å². The molecular formula is C9H12ClNO. The summed E-state index contributed by atoms with van der Waals surface area (Å²) < 4.78 is 0. The summed E-state index contributed by atoms with van der Waals surface area (Å²) in [4.78, 5) is 0. The van der Waals surface area contributed by atoms with Crippen LogP contribution in [0, 0.1) is 6.92 Å². The number of aromatic hydroxyl groups is 1. The Morgan fingerprint density at radius 1 is 1.50 bits per heavy atom.